The molecule has 0 N–H and O–H groups in total. The maximum absolute atomic E-state index is 12.9. The molecule has 1 atom stereocenters. The van der Waals surface area contributed by atoms with Crippen molar-refractivity contribution in [3.63, 3.8) is 0 Å². The van der Waals surface area contributed by atoms with Gasteiger partial charge in [-0.1, -0.05) is 42.8 Å². The summed E-state index contributed by atoms with van der Waals surface area (Å²) in [5, 5.41) is 0. The van der Waals surface area contributed by atoms with E-state index in [-0.39, 0.29) is 23.5 Å². The highest BCUT2D eigenvalue weighted by Gasteiger charge is 2.24. The second-order valence-electron chi connectivity index (χ2n) is 6.94. The van der Waals surface area contributed by atoms with Crippen LogP contribution in [0, 0.1) is 6.92 Å². The second-order valence-corrected chi connectivity index (χ2v) is 9.34. The third-order valence-corrected chi connectivity index (χ3v) is 6.51. The van der Waals surface area contributed by atoms with Gasteiger partial charge in [-0.3, -0.25) is 4.79 Å². The number of rotatable bonds is 9. The third kappa shape index (κ3) is 6.09. The van der Waals surface area contributed by atoms with E-state index in [0.717, 1.165) is 5.56 Å². The van der Waals surface area contributed by atoms with Gasteiger partial charge in [-0.05, 0) is 44.5 Å². The molecular formula is C22H29NO4S. The standard InChI is InChI=1S/C22H29NO4S/c1-5-23(18(4)16-28(25,26)6-2)22(24)20-11-8-12-21(14-20)27-15-19-10-7-9-17(3)13-19/h7-14,18H,5-6,15-16H2,1-4H3. The number of amides is 1. The molecule has 0 heterocycles. The Morgan fingerprint density at radius 1 is 1.11 bits per heavy atom. The van der Waals surface area contributed by atoms with E-state index in [1.54, 1.807) is 36.9 Å². The van der Waals surface area contributed by atoms with Crippen molar-refractivity contribution in [3.8, 4) is 5.75 Å². The first kappa shape index (κ1) is 22.0. The van der Waals surface area contributed by atoms with Crippen molar-refractivity contribution in [2.75, 3.05) is 18.1 Å². The summed E-state index contributed by atoms with van der Waals surface area (Å²) < 4.78 is 29.7. The van der Waals surface area contributed by atoms with Crippen LogP contribution in [0.5, 0.6) is 5.75 Å². The first-order valence-corrected chi connectivity index (χ1v) is 11.4. The molecular weight excluding hydrogens is 374 g/mol. The minimum atomic E-state index is -3.16. The summed E-state index contributed by atoms with van der Waals surface area (Å²) in [5.41, 5.74) is 2.72. The van der Waals surface area contributed by atoms with Gasteiger partial charge in [0.05, 0.1) is 5.75 Å². The topological polar surface area (TPSA) is 63.7 Å². The largest absolute Gasteiger partial charge is 0.489 e. The van der Waals surface area contributed by atoms with Crippen molar-refractivity contribution < 1.29 is 17.9 Å². The van der Waals surface area contributed by atoms with E-state index in [0.29, 0.717) is 24.5 Å². The summed E-state index contributed by atoms with van der Waals surface area (Å²) in [6.45, 7) is 8.13. The zero-order chi connectivity index (χ0) is 20.7. The predicted molar refractivity (Wildman–Crippen MR) is 112 cm³/mol. The van der Waals surface area contributed by atoms with Gasteiger partial charge < -0.3 is 9.64 Å². The summed E-state index contributed by atoms with van der Waals surface area (Å²) in [6.07, 6.45) is 0. The van der Waals surface area contributed by atoms with Crippen molar-refractivity contribution >= 4 is 15.7 Å². The van der Waals surface area contributed by atoms with Crippen LogP contribution in [0.4, 0.5) is 0 Å². The Balaban J connectivity index is 2.11. The fourth-order valence-electron chi connectivity index (χ4n) is 3.08. The number of carbonyl (C=O) groups excluding carboxylic acids is 1. The van der Waals surface area contributed by atoms with Crippen LogP contribution in [0.15, 0.2) is 48.5 Å². The van der Waals surface area contributed by atoms with Gasteiger partial charge >= 0.3 is 0 Å². The van der Waals surface area contributed by atoms with Crippen molar-refractivity contribution in [1.29, 1.82) is 0 Å². The quantitative estimate of drug-likeness (QED) is 0.638. The monoisotopic (exact) mass is 403 g/mol. The third-order valence-electron chi connectivity index (χ3n) is 4.64. The van der Waals surface area contributed by atoms with Crippen molar-refractivity contribution in [1.82, 2.24) is 4.90 Å². The van der Waals surface area contributed by atoms with Gasteiger partial charge in [0.15, 0.2) is 9.84 Å². The fraction of sp³-hybridized carbons (Fsp3) is 0.409. The number of hydrogen-bond acceptors (Lipinski definition) is 4. The number of benzene rings is 2. The fourth-order valence-corrected chi connectivity index (χ4v) is 4.23. The molecule has 28 heavy (non-hydrogen) atoms. The van der Waals surface area contributed by atoms with E-state index in [2.05, 4.69) is 6.07 Å². The van der Waals surface area contributed by atoms with Crippen LogP contribution >= 0.6 is 0 Å². The molecule has 0 aliphatic carbocycles. The molecule has 0 aromatic heterocycles. The molecule has 2 aromatic carbocycles. The average molecular weight is 404 g/mol. The lowest BCUT2D eigenvalue weighted by Gasteiger charge is -2.28. The van der Waals surface area contributed by atoms with Crippen LogP contribution < -0.4 is 4.74 Å². The Morgan fingerprint density at radius 3 is 2.46 bits per heavy atom. The van der Waals surface area contributed by atoms with Crippen LogP contribution in [-0.2, 0) is 16.4 Å². The second kappa shape index (κ2) is 9.73. The maximum Gasteiger partial charge on any atom is 0.254 e. The summed E-state index contributed by atoms with van der Waals surface area (Å²) >= 11 is 0. The summed E-state index contributed by atoms with van der Waals surface area (Å²) in [7, 11) is -3.16. The number of aryl methyl sites for hydroxylation is 1. The summed E-state index contributed by atoms with van der Waals surface area (Å²) in [6, 6.07) is 14.7. The Bertz CT molecular complexity index is 908. The molecule has 0 radical (unpaired) electrons. The lowest BCUT2D eigenvalue weighted by molar-refractivity contribution is 0.0718. The van der Waals surface area contributed by atoms with Gasteiger partial charge in [-0.15, -0.1) is 0 Å². The van der Waals surface area contributed by atoms with E-state index in [1.807, 2.05) is 38.1 Å². The highest BCUT2D eigenvalue weighted by Crippen LogP contribution is 2.18. The van der Waals surface area contributed by atoms with Crippen molar-refractivity contribution in [2.45, 2.75) is 40.3 Å². The molecule has 0 fully saturated rings. The number of nitrogens with zero attached hydrogens (tertiary/aromatic N) is 1. The van der Waals surface area contributed by atoms with E-state index >= 15 is 0 Å². The van der Waals surface area contributed by atoms with E-state index in [9.17, 15) is 13.2 Å². The zero-order valence-electron chi connectivity index (χ0n) is 17.0. The Labute approximate surface area is 168 Å². The minimum Gasteiger partial charge on any atom is -0.489 e. The van der Waals surface area contributed by atoms with Crippen LogP contribution in [0.2, 0.25) is 0 Å². The van der Waals surface area contributed by atoms with Crippen LogP contribution in [-0.4, -0.2) is 43.3 Å². The summed E-state index contributed by atoms with van der Waals surface area (Å²) in [4.78, 5) is 14.5. The highest BCUT2D eigenvalue weighted by molar-refractivity contribution is 7.91. The molecule has 2 aromatic rings. The van der Waals surface area contributed by atoms with Gasteiger partial charge in [0, 0.05) is 23.9 Å². The van der Waals surface area contributed by atoms with Crippen molar-refractivity contribution in [3.05, 3.63) is 65.2 Å². The molecule has 0 saturated heterocycles. The van der Waals surface area contributed by atoms with Gasteiger partial charge in [0.25, 0.3) is 5.91 Å². The number of ether oxygens (including phenoxy) is 1. The molecule has 0 aliphatic rings. The molecule has 0 spiro atoms. The molecule has 0 aliphatic heterocycles. The first-order valence-electron chi connectivity index (χ1n) is 9.55. The lowest BCUT2D eigenvalue weighted by Crippen LogP contribution is -2.42. The normalized spacial score (nSPS) is 12.4. The van der Waals surface area contributed by atoms with E-state index in [4.69, 9.17) is 4.74 Å². The van der Waals surface area contributed by atoms with Crippen LogP contribution in [0.1, 0.15) is 42.3 Å². The molecule has 0 bridgehead atoms. The van der Waals surface area contributed by atoms with Gasteiger partial charge in [-0.25, -0.2) is 8.42 Å². The number of hydrogen-bond donors (Lipinski definition) is 0. The molecule has 6 heteroatoms. The molecule has 0 saturated carbocycles. The zero-order valence-corrected chi connectivity index (χ0v) is 17.8. The molecule has 1 amide bonds. The van der Waals surface area contributed by atoms with Gasteiger partial charge in [0.2, 0.25) is 0 Å². The Hall–Kier alpha value is -2.34. The van der Waals surface area contributed by atoms with E-state index in [1.165, 1.54) is 5.56 Å². The van der Waals surface area contributed by atoms with Gasteiger partial charge in [-0.2, -0.15) is 0 Å². The van der Waals surface area contributed by atoms with Crippen LogP contribution in [0.25, 0.3) is 0 Å². The smallest absolute Gasteiger partial charge is 0.254 e. The van der Waals surface area contributed by atoms with Gasteiger partial charge in [0.1, 0.15) is 12.4 Å². The minimum absolute atomic E-state index is 0.0351. The molecule has 1 unspecified atom stereocenters. The summed E-state index contributed by atoms with van der Waals surface area (Å²) in [5.74, 6) is 0.456. The van der Waals surface area contributed by atoms with Crippen LogP contribution in [0.3, 0.4) is 0 Å². The number of sulfone groups is 1. The predicted octanol–water partition coefficient (Wildman–Crippen LogP) is 3.86. The Morgan fingerprint density at radius 2 is 1.82 bits per heavy atom. The Kier molecular flexibility index (Phi) is 7.63. The highest BCUT2D eigenvalue weighted by atomic mass is 32.2. The van der Waals surface area contributed by atoms with E-state index < -0.39 is 9.84 Å². The van der Waals surface area contributed by atoms with Crippen molar-refractivity contribution in [2.24, 2.45) is 0 Å². The average Bonchev–Trinajstić information content (AvgIpc) is 2.67. The molecule has 5 nitrogen and oxygen atoms in total. The molecule has 152 valence electrons. The SMILES string of the molecule is CCN(C(=O)c1cccc(OCc2cccc(C)c2)c1)C(C)CS(=O)(=O)CC. The maximum atomic E-state index is 12.9. The first-order chi connectivity index (χ1) is 13.3. The lowest BCUT2D eigenvalue weighted by atomic mass is 10.1. The molecule has 2 rings (SSSR count). The number of carbonyl (C=O) groups is 1.